The van der Waals surface area contributed by atoms with Crippen molar-refractivity contribution in [3.63, 3.8) is 0 Å². The van der Waals surface area contributed by atoms with Crippen molar-refractivity contribution >= 4 is 44.2 Å². The van der Waals surface area contributed by atoms with Crippen molar-refractivity contribution < 1.29 is 4.92 Å². The highest BCUT2D eigenvalue weighted by Crippen LogP contribution is 2.36. The Morgan fingerprint density at radius 1 is 1.18 bits per heavy atom. The molecule has 2 aromatic carbocycles. The number of nitro groups is 1. The monoisotopic (exact) mass is 403 g/mol. The summed E-state index contributed by atoms with van der Waals surface area (Å²) in [6.45, 7) is 0. The summed E-state index contributed by atoms with van der Waals surface area (Å²) in [7, 11) is 0. The SMILES string of the molecule is O=[N+]([O-])c1c(I)cc(Br)cc1-c1ccccc1. The second kappa shape index (κ2) is 5.14. The van der Waals surface area contributed by atoms with Crippen LogP contribution in [0, 0.1) is 13.7 Å². The number of hydrogen-bond donors (Lipinski definition) is 0. The second-order valence-corrected chi connectivity index (χ2v) is 5.48. The molecule has 0 aliphatic heterocycles. The first-order valence-electron chi connectivity index (χ1n) is 4.78. The molecule has 0 unspecified atom stereocenters. The Balaban J connectivity index is 2.72. The smallest absolute Gasteiger partial charge is 0.258 e. The lowest BCUT2D eigenvalue weighted by molar-refractivity contribution is -0.385. The summed E-state index contributed by atoms with van der Waals surface area (Å²) in [4.78, 5) is 10.8. The van der Waals surface area contributed by atoms with E-state index in [0.29, 0.717) is 9.13 Å². The van der Waals surface area contributed by atoms with E-state index < -0.39 is 0 Å². The third-order valence-electron chi connectivity index (χ3n) is 2.30. The molecule has 2 aromatic rings. The molecule has 0 bridgehead atoms. The van der Waals surface area contributed by atoms with Crippen LogP contribution in [-0.2, 0) is 0 Å². The van der Waals surface area contributed by atoms with Gasteiger partial charge in [-0.2, -0.15) is 0 Å². The largest absolute Gasteiger partial charge is 0.290 e. The molecule has 0 aliphatic rings. The van der Waals surface area contributed by atoms with Crippen LogP contribution in [0.25, 0.3) is 11.1 Å². The summed E-state index contributed by atoms with van der Waals surface area (Å²) in [5, 5.41) is 11.1. The van der Waals surface area contributed by atoms with Gasteiger partial charge in [-0.15, -0.1) is 0 Å². The summed E-state index contributed by atoms with van der Waals surface area (Å²) in [5.41, 5.74) is 1.63. The lowest BCUT2D eigenvalue weighted by Crippen LogP contribution is -1.95. The van der Waals surface area contributed by atoms with E-state index >= 15 is 0 Å². The minimum absolute atomic E-state index is 0.153. The van der Waals surface area contributed by atoms with E-state index in [9.17, 15) is 10.1 Å². The molecule has 3 nitrogen and oxygen atoms in total. The molecule has 2 rings (SSSR count). The Kier molecular flexibility index (Phi) is 3.78. The predicted molar refractivity (Wildman–Crippen MR) is 78.9 cm³/mol. The molecule has 0 saturated carbocycles. The van der Waals surface area contributed by atoms with Crippen LogP contribution in [0.1, 0.15) is 0 Å². The maximum atomic E-state index is 11.1. The van der Waals surface area contributed by atoms with Gasteiger partial charge in [-0.3, -0.25) is 10.1 Å². The topological polar surface area (TPSA) is 43.1 Å². The van der Waals surface area contributed by atoms with Crippen LogP contribution in [0.2, 0.25) is 0 Å². The van der Waals surface area contributed by atoms with Gasteiger partial charge >= 0.3 is 0 Å². The Labute approximate surface area is 120 Å². The fraction of sp³-hybridized carbons (Fsp3) is 0. The van der Waals surface area contributed by atoms with Gasteiger partial charge in [0.1, 0.15) is 0 Å². The van der Waals surface area contributed by atoms with Crippen LogP contribution in [-0.4, -0.2) is 4.92 Å². The third-order valence-corrected chi connectivity index (χ3v) is 3.58. The van der Waals surface area contributed by atoms with E-state index in [1.54, 1.807) is 12.1 Å². The van der Waals surface area contributed by atoms with E-state index in [4.69, 9.17) is 0 Å². The number of halogens is 2. The van der Waals surface area contributed by atoms with E-state index in [1.165, 1.54) is 0 Å². The summed E-state index contributed by atoms with van der Waals surface area (Å²) < 4.78 is 1.46. The molecule has 0 fully saturated rings. The zero-order valence-corrected chi connectivity index (χ0v) is 12.3. The first-order valence-corrected chi connectivity index (χ1v) is 6.65. The third kappa shape index (κ3) is 2.66. The van der Waals surface area contributed by atoms with E-state index in [1.807, 2.05) is 52.9 Å². The summed E-state index contributed by atoms with van der Waals surface area (Å²) in [6, 6.07) is 12.9. The molecular formula is C12H7BrINO2. The van der Waals surface area contributed by atoms with Gasteiger partial charge in [0.25, 0.3) is 5.69 Å². The van der Waals surface area contributed by atoms with Gasteiger partial charge in [0.15, 0.2) is 0 Å². The predicted octanol–water partition coefficient (Wildman–Crippen LogP) is 4.63. The molecule has 17 heavy (non-hydrogen) atoms. The molecule has 0 radical (unpaired) electrons. The van der Waals surface area contributed by atoms with Gasteiger partial charge in [-0.25, -0.2) is 0 Å². The maximum Gasteiger partial charge on any atom is 0.290 e. The Morgan fingerprint density at radius 2 is 1.82 bits per heavy atom. The minimum Gasteiger partial charge on any atom is -0.258 e. The van der Waals surface area contributed by atoms with Crippen molar-refractivity contribution in [1.29, 1.82) is 0 Å². The molecule has 0 saturated heterocycles. The standard InChI is InChI=1S/C12H7BrINO2/c13-9-6-10(8-4-2-1-3-5-8)12(15(16)17)11(14)7-9/h1-7H. The van der Waals surface area contributed by atoms with E-state index in [-0.39, 0.29) is 10.6 Å². The van der Waals surface area contributed by atoms with Crippen molar-refractivity contribution in [2.75, 3.05) is 0 Å². The van der Waals surface area contributed by atoms with Crippen LogP contribution >= 0.6 is 38.5 Å². The van der Waals surface area contributed by atoms with Gasteiger partial charge in [-0.1, -0.05) is 46.3 Å². The van der Waals surface area contributed by atoms with Crippen LogP contribution in [0.15, 0.2) is 46.9 Å². The average Bonchev–Trinajstić information content (AvgIpc) is 2.28. The molecule has 86 valence electrons. The number of benzene rings is 2. The quantitative estimate of drug-likeness (QED) is 0.417. The van der Waals surface area contributed by atoms with Crippen LogP contribution < -0.4 is 0 Å². The first kappa shape index (κ1) is 12.5. The highest BCUT2D eigenvalue weighted by molar-refractivity contribution is 14.1. The molecule has 0 spiro atoms. The van der Waals surface area contributed by atoms with Gasteiger partial charge in [0.2, 0.25) is 0 Å². The molecule has 0 atom stereocenters. The molecule has 0 heterocycles. The van der Waals surface area contributed by atoms with E-state index in [2.05, 4.69) is 15.9 Å². The first-order chi connectivity index (χ1) is 8.09. The Bertz CT molecular complexity index is 572. The van der Waals surface area contributed by atoms with Crippen LogP contribution in [0.3, 0.4) is 0 Å². The van der Waals surface area contributed by atoms with Gasteiger partial charge < -0.3 is 0 Å². The summed E-state index contributed by atoms with van der Waals surface area (Å²) in [5.74, 6) is 0. The molecule has 5 heteroatoms. The highest BCUT2D eigenvalue weighted by Gasteiger charge is 2.20. The number of nitrogens with zero attached hydrogens (tertiary/aromatic N) is 1. The average molecular weight is 404 g/mol. The fourth-order valence-electron chi connectivity index (χ4n) is 1.59. The summed E-state index contributed by atoms with van der Waals surface area (Å²) >= 11 is 5.35. The number of hydrogen-bond acceptors (Lipinski definition) is 2. The van der Waals surface area contributed by atoms with Crippen LogP contribution in [0.4, 0.5) is 5.69 Å². The molecule has 0 N–H and O–H groups in total. The molecule has 0 aliphatic carbocycles. The summed E-state index contributed by atoms with van der Waals surface area (Å²) in [6.07, 6.45) is 0. The Hall–Kier alpha value is -0.950. The molecule has 0 amide bonds. The van der Waals surface area contributed by atoms with E-state index in [0.717, 1.165) is 10.0 Å². The fourth-order valence-corrected chi connectivity index (χ4v) is 3.30. The Morgan fingerprint density at radius 3 is 2.41 bits per heavy atom. The lowest BCUT2D eigenvalue weighted by atomic mass is 10.0. The molecular weight excluding hydrogens is 397 g/mol. The number of rotatable bonds is 2. The second-order valence-electron chi connectivity index (χ2n) is 3.41. The van der Waals surface area contributed by atoms with Crippen molar-refractivity contribution in [1.82, 2.24) is 0 Å². The van der Waals surface area contributed by atoms with Crippen molar-refractivity contribution in [2.45, 2.75) is 0 Å². The maximum absolute atomic E-state index is 11.1. The number of nitro benzene ring substituents is 1. The van der Waals surface area contributed by atoms with Gasteiger partial charge in [0.05, 0.1) is 14.1 Å². The van der Waals surface area contributed by atoms with Crippen molar-refractivity contribution in [2.24, 2.45) is 0 Å². The lowest BCUT2D eigenvalue weighted by Gasteiger charge is -2.05. The zero-order valence-electron chi connectivity index (χ0n) is 8.56. The normalized spacial score (nSPS) is 10.2. The van der Waals surface area contributed by atoms with Crippen LogP contribution in [0.5, 0.6) is 0 Å². The minimum atomic E-state index is -0.337. The van der Waals surface area contributed by atoms with Gasteiger partial charge in [0, 0.05) is 4.47 Å². The van der Waals surface area contributed by atoms with Gasteiger partial charge in [-0.05, 0) is 40.3 Å². The highest BCUT2D eigenvalue weighted by atomic mass is 127. The zero-order chi connectivity index (χ0) is 12.4. The molecule has 0 aromatic heterocycles. The van der Waals surface area contributed by atoms with Crippen molar-refractivity contribution in [3.05, 3.63) is 60.6 Å². The van der Waals surface area contributed by atoms with Crippen molar-refractivity contribution in [3.8, 4) is 11.1 Å².